The smallest absolute Gasteiger partial charge is 0.323 e. The van der Waals surface area contributed by atoms with Gasteiger partial charge in [0.2, 0.25) is 0 Å². The van der Waals surface area contributed by atoms with Crippen LogP contribution in [-0.2, 0) is 11.3 Å². The molecule has 6 nitrogen and oxygen atoms in total. The summed E-state index contributed by atoms with van der Waals surface area (Å²) in [7, 11) is 0. The predicted octanol–water partition coefficient (Wildman–Crippen LogP) is 1.07. The first-order valence-corrected chi connectivity index (χ1v) is 6.20. The van der Waals surface area contributed by atoms with Crippen molar-refractivity contribution in [1.29, 1.82) is 0 Å². The fourth-order valence-corrected chi connectivity index (χ4v) is 2.26. The minimum absolute atomic E-state index is 0.255. The van der Waals surface area contributed by atoms with Gasteiger partial charge in [-0.25, -0.2) is 4.98 Å². The minimum Gasteiger partial charge on any atom is -0.480 e. The van der Waals surface area contributed by atoms with Crippen molar-refractivity contribution >= 4 is 11.8 Å². The molecule has 1 saturated carbocycles. The van der Waals surface area contributed by atoms with Gasteiger partial charge in [0, 0.05) is 18.4 Å². The molecular weight excluding hydrogens is 234 g/mol. The first kappa shape index (κ1) is 12.6. The average Bonchev–Trinajstić information content (AvgIpc) is 2.35. The maximum Gasteiger partial charge on any atom is 0.323 e. The molecule has 2 rings (SSSR count). The molecule has 0 radical (unpaired) electrons. The van der Waals surface area contributed by atoms with Crippen molar-refractivity contribution in [1.82, 2.24) is 9.55 Å². The lowest BCUT2D eigenvalue weighted by Crippen LogP contribution is -2.31. The van der Waals surface area contributed by atoms with Crippen molar-refractivity contribution in [3.05, 3.63) is 22.7 Å². The van der Waals surface area contributed by atoms with Gasteiger partial charge < -0.3 is 10.4 Å². The summed E-state index contributed by atoms with van der Waals surface area (Å²) in [5.41, 5.74) is -0.370. The molecule has 0 saturated heterocycles. The van der Waals surface area contributed by atoms with Gasteiger partial charge in [-0.15, -0.1) is 0 Å². The number of nitrogens with zero attached hydrogens (tertiary/aromatic N) is 2. The van der Waals surface area contributed by atoms with Gasteiger partial charge in [0.15, 0.2) is 5.82 Å². The highest BCUT2D eigenvalue weighted by atomic mass is 16.4. The topological polar surface area (TPSA) is 84.2 Å². The molecule has 1 fully saturated rings. The molecule has 1 aliphatic rings. The molecule has 0 atom stereocenters. The molecule has 1 heterocycles. The van der Waals surface area contributed by atoms with Crippen LogP contribution in [0, 0.1) is 0 Å². The second-order valence-electron chi connectivity index (χ2n) is 4.58. The van der Waals surface area contributed by atoms with E-state index in [1.54, 1.807) is 0 Å². The summed E-state index contributed by atoms with van der Waals surface area (Å²) < 4.78 is 1.15. The zero-order valence-corrected chi connectivity index (χ0v) is 10.1. The maximum atomic E-state index is 12.0. The zero-order chi connectivity index (χ0) is 13.0. The highest BCUT2D eigenvalue weighted by Crippen LogP contribution is 2.19. The molecule has 1 aromatic heterocycles. The van der Waals surface area contributed by atoms with Gasteiger partial charge in [-0.05, 0) is 12.8 Å². The lowest BCUT2D eigenvalue weighted by molar-refractivity contribution is -0.137. The summed E-state index contributed by atoms with van der Waals surface area (Å²) in [4.78, 5) is 26.6. The summed E-state index contributed by atoms with van der Waals surface area (Å²) >= 11 is 0. The van der Waals surface area contributed by atoms with E-state index in [0.29, 0.717) is 0 Å². The number of carboxylic acids is 1. The van der Waals surface area contributed by atoms with Gasteiger partial charge in [0.25, 0.3) is 5.56 Å². The largest absolute Gasteiger partial charge is 0.480 e. The molecule has 0 amide bonds. The van der Waals surface area contributed by atoms with Crippen LogP contribution in [0.4, 0.5) is 5.82 Å². The van der Waals surface area contributed by atoms with Gasteiger partial charge in [-0.1, -0.05) is 19.3 Å². The van der Waals surface area contributed by atoms with E-state index in [1.165, 1.54) is 18.8 Å². The number of anilines is 1. The molecule has 98 valence electrons. The Labute approximate surface area is 105 Å². The first-order valence-electron chi connectivity index (χ1n) is 6.20. The van der Waals surface area contributed by atoms with E-state index in [2.05, 4.69) is 10.3 Å². The van der Waals surface area contributed by atoms with E-state index >= 15 is 0 Å². The van der Waals surface area contributed by atoms with E-state index in [0.717, 1.165) is 30.3 Å². The van der Waals surface area contributed by atoms with E-state index in [-0.39, 0.29) is 24.0 Å². The minimum atomic E-state index is -1.04. The fraction of sp³-hybridized carbons (Fsp3) is 0.583. The Balaban J connectivity index is 2.12. The quantitative estimate of drug-likeness (QED) is 0.836. The number of hydrogen-bond donors (Lipinski definition) is 2. The van der Waals surface area contributed by atoms with Crippen molar-refractivity contribution in [3.8, 4) is 0 Å². The number of nitrogens with one attached hydrogen (secondary N) is 1. The highest BCUT2D eigenvalue weighted by Gasteiger charge is 2.15. The van der Waals surface area contributed by atoms with Crippen LogP contribution < -0.4 is 10.9 Å². The lowest BCUT2D eigenvalue weighted by atomic mass is 9.95. The normalized spacial score (nSPS) is 16.4. The third kappa shape index (κ3) is 3.09. The summed E-state index contributed by atoms with van der Waals surface area (Å²) in [5.74, 6) is -0.780. The monoisotopic (exact) mass is 251 g/mol. The molecule has 0 aliphatic heterocycles. The van der Waals surface area contributed by atoms with Gasteiger partial charge in [-0.2, -0.15) is 0 Å². The van der Waals surface area contributed by atoms with E-state index in [1.807, 2.05) is 0 Å². The number of carboxylic acid groups (broad SMARTS) is 1. The lowest BCUT2D eigenvalue weighted by Gasteiger charge is -2.23. The van der Waals surface area contributed by atoms with Crippen molar-refractivity contribution in [3.63, 3.8) is 0 Å². The highest BCUT2D eigenvalue weighted by molar-refractivity contribution is 5.66. The summed E-state index contributed by atoms with van der Waals surface area (Å²) in [5, 5.41) is 11.8. The average molecular weight is 251 g/mol. The molecule has 2 N–H and O–H groups in total. The van der Waals surface area contributed by atoms with Crippen LogP contribution in [0.5, 0.6) is 0 Å². The zero-order valence-electron chi connectivity index (χ0n) is 10.1. The second-order valence-corrected chi connectivity index (χ2v) is 4.58. The Kier molecular flexibility index (Phi) is 3.96. The van der Waals surface area contributed by atoms with E-state index in [9.17, 15) is 9.59 Å². The van der Waals surface area contributed by atoms with Crippen LogP contribution in [0.3, 0.4) is 0 Å². The van der Waals surface area contributed by atoms with Crippen LogP contribution in [0.1, 0.15) is 32.1 Å². The first-order chi connectivity index (χ1) is 8.66. The van der Waals surface area contributed by atoms with E-state index < -0.39 is 5.97 Å². The van der Waals surface area contributed by atoms with Crippen LogP contribution in [0.2, 0.25) is 0 Å². The van der Waals surface area contributed by atoms with Gasteiger partial charge in [0.05, 0.1) is 0 Å². The summed E-state index contributed by atoms with van der Waals surface area (Å²) in [6.07, 6.45) is 8.48. The molecule has 6 heteroatoms. The number of carbonyl (C=O) groups is 1. The molecule has 18 heavy (non-hydrogen) atoms. The third-order valence-corrected chi connectivity index (χ3v) is 3.17. The molecular formula is C12H17N3O3. The van der Waals surface area contributed by atoms with Crippen molar-refractivity contribution in [2.45, 2.75) is 44.7 Å². The van der Waals surface area contributed by atoms with Gasteiger partial charge in [-0.3, -0.25) is 14.2 Å². The van der Waals surface area contributed by atoms with Crippen molar-refractivity contribution in [2.75, 3.05) is 5.32 Å². The summed E-state index contributed by atoms with van der Waals surface area (Å²) in [6.45, 7) is -0.333. The number of hydrogen-bond acceptors (Lipinski definition) is 4. The Morgan fingerprint density at radius 1 is 1.44 bits per heavy atom. The van der Waals surface area contributed by atoms with E-state index in [4.69, 9.17) is 5.11 Å². The maximum absolute atomic E-state index is 12.0. The van der Waals surface area contributed by atoms with Crippen molar-refractivity contribution < 1.29 is 9.90 Å². The Morgan fingerprint density at radius 2 is 2.17 bits per heavy atom. The Bertz CT molecular complexity index is 478. The molecule has 0 bridgehead atoms. The van der Waals surface area contributed by atoms with Gasteiger partial charge >= 0.3 is 5.97 Å². The predicted molar refractivity (Wildman–Crippen MR) is 66.6 cm³/mol. The van der Waals surface area contributed by atoms with Crippen LogP contribution in [0.25, 0.3) is 0 Å². The molecule has 1 aromatic rings. The van der Waals surface area contributed by atoms with Crippen LogP contribution >= 0.6 is 0 Å². The molecule has 0 spiro atoms. The molecule has 1 aliphatic carbocycles. The van der Waals surface area contributed by atoms with Crippen molar-refractivity contribution in [2.24, 2.45) is 0 Å². The second kappa shape index (κ2) is 5.66. The number of rotatable bonds is 4. The SMILES string of the molecule is O=C(O)Cn1ccnc(NC2CCCCC2)c1=O. The Hall–Kier alpha value is -1.85. The fourth-order valence-electron chi connectivity index (χ4n) is 2.26. The molecule has 0 aromatic carbocycles. The van der Waals surface area contributed by atoms with Gasteiger partial charge in [0.1, 0.15) is 6.54 Å². The Morgan fingerprint density at radius 3 is 2.83 bits per heavy atom. The number of aliphatic carboxylic acids is 1. The van der Waals surface area contributed by atoms with Crippen LogP contribution in [0.15, 0.2) is 17.2 Å². The number of aromatic nitrogens is 2. The van der Waals surface area contributed by atoms with Crippen LogP contribution in [-0.4, -0.2) is 26.7 Å². The third-order valence-electron chi connectivity index (χ3n) is 3.17. The standard InChI is InChI=1S/C12H17N3O3/c16-10(17)8-15-7-6-13-11(12(15)18)14-9-4-2-1-3-5-9/h6-7,9H,1-5,8H2,(H,13,14)(H,16,17). The molecule has 0 unspecified atom stereocenters. The summed E-state index contributed by atoms with van der Waals surface area (Å²) in [6, 6.07) is 0.277.